The third kappa shape index (κ3) is 4.53. The summed E-state index contributed by atoms with van der Waals surface area (Å²) in [6.45, 7) is 0. The molecule has 5 nitrogen and oxygen atoms in total. The number of aromatic nitrogens is 3. The van der Waals surface area contributed by atoms with E-state index in [2.05, 4.69) is 127 Å². The van der Waals surface area contributed by atoms with E-state index in [-0.39, 0.29) is 0 Å². The minimum Gasteiger partial charge on any atom is -0.456 e. The van der Waals surface area contributed by atoms with Gasteiger partial charge in [-0.15, -0.1) is 0 Å². The van der Waals surface area contributed by atoms with E-state index in [1.807, 2.05) is 36.4 Å². The molecule has 0 fully saturated rings. The Hall–Kier alpha value is -7.11. The van der Waals surface area contributed by atoms with Crippen LogP contribution in [0, 0.1) is 0 Å². The molecular formula is C47H27N3O2. The third-order valence-corrected chi connectivity index (χ3v) is 10.1. The average molecular weight is 666 g/mol. The zero-order valence-corrected chi connectivity index (χ0v) is 27.7. The molecule has 0 atom stereocenters. The van der Waals surface area contributed by atoms with E-state index < -0.39 is 0 Å². The summed E-state index contributed by atoms with van der Waals surface area (Å²) in [4.78, 5) is 15.8. The van der Waals surface area contributed by atoms with Crippen molar-refractivity contribution >= 4 is 65.4 Å². The smallest absolute Gasteiger partial charge is 0.165 e. The summed E-state index contributed by atoms with van der Waals surface area (Å²) in [5.41, 5.74) is 8.04. The molecule has 0 aliphatic heterocycles. The summed E-state index contributed by atoms with van der Waals surface area (Å²) >= 11 is 0. The van der Waals surface area contributed by atoms with Crippen LogP contribution < -0.4 is 0 Å². The topological polar surface area (TPSA) is 65.0 Å². The minimum atomic E-state index is 0.575. The van der Waals surface area contributed by atoms with Crippen LogP contribution in [-0.4, -0.2) is 15.0 Å². The van der Waals surface area contributed by atoms with Crippen molar-refractivity contribution in [3.63, 3.8) is 0 Å². The number of furan rings is 2. The maximum atomic E-state index is 6.46. The van der Waals surface area contributed by atoms with Crippen molar-refractivity contribution in [2.45, 2.75) is 0 Å². The molecule has 0 amide bonds. The van der Waals surface area contributed by atoms with E-state index in [4.69, 9.17) is 23.8 Å². The highest BCUT2D eigenvalue weighted by Gasteiger charge is 2.23. The Bertz CT molecular complexity index is 3110. The fourth-order valence-corrected chi connectivity index (χ4v) is 7.59. The largest absolute Gasteiger partial charge is 0.456 e. The van der Waals surface area contributed by atoms with Crippen LogP contribution in [0.4, 0.5) is 0 Å². The zero-order chi connectivity index (χ0) is 34.2. The van der Waals surface area contributed by atoms with Crippen LogP contribution in [0.15, 0.2) is 173 Å². The lowest BCUT2D eigenvalue weighted by Gasteiger charge is -2.14. The van der Waals surface area contributed by atoms with Gasteiger partial charge in [-0.2, -0.15) is 0 Å². The lowest BCUT2D eigenvalue weighted by molar-refractivity contribution is 0.668. The van der Waals surface area contributed by atoms with Gasteiger partial charge in [0.25, 0.3) is 0 Å². The van der Waals surface area contributed by atoms with Crippen molar-refractivity contribution < 1.29 is 8.83 Å². The quantitative estimate of drug-likeness (QED) is 0.187. The van der Waals surface area contributed by atoms with Gasteiger partial charge < -0.3 is 8.83 Å². The van der Waals surface area contributed by atoms with Gasteiger partial charge in [-0.1, -0.05) is 115 Å². The Morgan fingerprint density at radius 2 is 0.827 bits per heavy atom. The number of nitrogens with zero attached hydrogens (tertiary/aromatic N) is 3. The Morgan fingerprint density at radius 3 is 1.52 bits per heavy atom. The summed E-state index contributed by atoms with van der Waals surface area (Å²) in [5.74, 6) is 1.78. The molecule has 5 heteroatoms. The number of hydrogen-bond donors (Lipinski definition) is 0. The molecule has 0 radical (unpaired) electrons. The zero-order valence-electron chi connectivity index (χ0n) is 27.7. The van der Waals surface area contributed by atoms with Gasteiger partial charge in [0.2, 0.25) is 0 Å². The molecule has 52 heavy (non-hydrogen) atoms. The first-order valence-electron chi connectivity index (χ1n) is 17.3. The average Bonchev–Trinajstić information content (AvgIpc) is 3.78. The molecule has 242 valence electrons. The number of hydrogen-bond acceptors (Lipinski definition) is 5. The van der Waals surface area contributed by atoms with Gasteiger partial charge in [-0.3, -0.25) is 0 Å². The molecule has 0 aliphatic carbocycles. The molecule has 3 heterocycles. The Balaban J connectivity index is 1.23. The van der Waals surface area contributed by atoms with Crippen molar-refractivity contribution in [1.82, 2.24) is 15.0 Å². The highest BCUT2D eigenvalue weighted by Crippen LogP contribution is 2.44. The van der Waals surface area contributed by atoms with Gasteiger partial charge in [-0.25, -0.2) is 15.0 Å². The number of fused-ring (bicyclic) bond motifs is 8. The highest BCUT2D eigenvalue weighted by atomic mass is 16.3. The highest BCUT2D eigenvalue weighted by molar-refractivity contribution is 6.16. The van der Waals surface area contributed by atoms with Gasteiger partial charge >= 0.3 is 0 Å². The fraction of sp³-hybridized carbons (Fsp3) is 0. The molecule has 0 saturated carbocycles. The lowest BCUT2D eigenvalue weighted by atomic mass is 9.93. The molecule has 8 aromatic carbocycles. The Kier molecular flexibility index (Phi) is 6.18. The van der Waals surface area contributed by atoms with Gasteiger partial charge in [0.1, 0.15) is 22.3 Å². The molecular weight excluding hydrogens is 639 g/mol. The predicted octanol–water partition coefficient (Wildman–Crippen LogP) is 12.6. The van der Waals surface area contributed by atoms with Crippen LogP contribution in [0.25, 0.3) is 111 Å². The van der Waals surface area contributed by atoms with Gasteiger partial charge in [-0.05, 0) is 81.2 Å². The van der Waals surface area contributed by atoms with Crippen molar-refractivity contribution in [3.05, 3.63) is 164 Å². The molecule has 0 aliphatic rings. The molecule has 0 saturated heterocycles. The number of benzene rings is 8. The molecule has 3 aromatic heterocycles. The monoisotopic (exact) mass is 665 g/mol. The van der Waals surface area contributed by atoms with Crippen LogP contribution in [0.5, 0.6) is 0 Å². The summed E-state index contributed by atoms with van der Waals surface area (Å²) in [6.07, 6.45) is 0. The fourth-order valence-electron chi connectivity index (χ4n) is 7.59. The Morgan fingerprint density at radius 1 is 0.327 bits per heavy atom. The minimum absolute atomic E-state index is 0.575. The first-order chi connectivity index (χ1) is 25.7. The second kappa shape index (κ2) is 11.2. The molecule has 0 N–H and O–H groups in total. The first-order valence-corrected chi connectivity index (χ1v) is 17.3. The molecule has 11 rings (SSSR count). The van der Waals surface area contributed by atoms with E-state index >= 15 is 0 Å². The first kappa shape index (κ1) is 28.7. The molecule has 0 spiro atoms. The van der Waals surface area contributed by atoms with Gasteiger partial charge in [0.05, 0.1) is 0 Å². The van der Waals surface area contributed by atoms with E-state index in [1.54, 1.807) is 0 Å². The number of rotatable bonds is 4. The van der Waals surface area contributed by atoms with E-state index in [0.717, 1.165) is 93.2 Å². The van der Waals surface area contributed by atoms with Crippen LogP contribution in [0.1, 0.15) is 0 Å². The number of para-hydroxylation sites is 2. The summed E-state index contributed by atoms with van der Waals surface area (Å²) in [6, 6.07) is 56.4. The van der Waals surface area contributed by atoms with Crippen LogP contribution in [0.3, 0.4) is 0 Å². The van der Waals surface area contributed by atoms with Gasteiger partial charge in [0.15, 0.2) is 17.5 Å². The summed E-state index contributed by atoms with van der Waals surface area (Å²) in [7, 11) is 0. The van der Waals surface area contributed by atoms with Crippen LogP contribution in [-0.2, 0) is 0 Å². The molecule has 0 unspecified atom stereocenters. The maximum Gasteiger partial charge on any atom is 0.165 e. The maximum absolute atomic E-state index is 6.46. The second-order valence-corrected chi connectivity index (χ2v) is 13.2. The van der Waals surface area contributed by atoms with Crippen LogP contribution >= 0.6 is 0 Å². The van der Waals surface area contributed by atoms with E-state index in [0.29, 0.717) is 17.5 Å². The lowest BCUT2D eigenvalue weighted by Crippen LogP contribution is -2.01. The SMILES string of the molecule is c1ccc2cc(-c3nc(-c4ccc5ccccc5c4)nc(-c4c(-c5ccc6oc7ccccc7c6c5)ccc5oc6ccccc6c45)n3)ccc2c1. The van der Waals surface area contributed by atoms with E-state index in [1.165, 1.54) is 0 Å². The Labute approximate surface area is 297 Å². The standard InChI is InChI=1S/C47H27N3O2/c1-3-11-30-25-33(19-17-28(30)9-1)45-48-46(34-20-18-29-10-2-4-12-31(29)26-34)50-47(49-45)44-35(22-24-42-43(44)37-14-6-8-16-40(37)52-42)32-21-23-41-38(27-32)36-13-5-7-15-39(36)51-41/h1-27H. The third-order valence-electron chi connectivity index (χ3n) is 10.1. The predicted molar refractivity (Wildman–Crippen MR) is 211 cm³/mol. The van der Waals surface area contributed by atoms with Crippen LogP contribution in [0.2, 0.25) is 0 Å². The van der Waals surface area contributed by atoms with Crippen molar-refractivity contribution in [1.29, 1.82) is 0 Å². The molecule has 0 bridgehead atoms. The van der Waals surface area contributed by atoms with Crippen molar-refractivity contribution in [2.75, 3.05) is 0 Å². The van der Waals surface area contributed by atoms with E-state index in [9.17, 15) is 0 Å². The summed E-state index contributed by atoms with van der Waals surface area (Å²) < 4.78 is 12.7. The second-order valence-electron chi connectivity index (χ2n) is 13.2. The summed E-state index contributed by atoms with van der Waals surface area (Å²) in [5, 5.41) is 8.67. The van der Waals surface area contributed by atoms with Gasteiger partial charge in [0, 0.05) is 38.2 Å². The molecule has 11 aromatic rings. The van der Waals surface area contributed by atoms with Crippen molar-refractivity contribution in [2.24, 2.45) is 0 Å². The van der Waals surface area contributed by atoms with Crippen molar-refractivity contribution in [3.8, 4) is 45.3 Å². The normalized spacial score (nSPS) is 11.8.